The van der Waals surface area contributed by atoms with Gasteiger partial charge in [-0.15, -0.1) is 0 Å². The quantitative estimate of drug-likeness (QED) is 0.0741. The van der Waals surface area contributed by atoms with Gasteiger partial charge in [-0.3, -0.25) is 14.9 Å². The van der Waals surface area contributed by atoms with Gasteiger partial charge >= 0.3 is 6.09 Å². The van der Waals surface area contributed by atoms with Crippen LogP contribution < -0.4 is 10.6 Å². The second-order valence-electron chi connectivity index (χ2n) is 16.7. The number of aromatic amines is 2. The minimum absolute atomic E-state index is 0.0483. The van der Waals surface area contributed by atoms with Crippen LogP contribution in [0.1, 0.15) is 75.8 Å². The predicted molar refractivity (Wildman–Crippen MR) is 236 cm³/mol. The van der Waals surface area contributed by atoms with Gasteiger partial charge in [-0.2, -0.15) is 0 Å². The van der Waals surface area contributed by atoms with Crippen LogP contribution in [0.3, 0.4) is 0 Å². The lowest BCUT2D eigenvalue weighted by molar-refractivity contribution is -0.145. The third-order valence-corrected chi connectivity index (χ3v) is 12.4. The number of hydrogen-bond acceptors (Lipinski definition) is 9. The highest BCUT2D eigenvalue weighted by molar-refractivity contribution is 5.91. The van der Waals surface area contributed by atoms with Crippen molar-refractivity contribution in [2.75, 3.05) is 27.3 Å². The van der Waals surface area contributed by atoms with Crippen LogP contribution in [0.4, 0.5) is 4.79 Å². The molecule has 4 heterocycles. The molecule has 5 N–H and O–H groups in total. The number of H-pyrrole nitrogens is 2. The van der Waals surface area contributed by atoms with Crippen LogP contribution in [0.5, 0.6) is 0 Å². The number of methoxy groups -OCH3 is 2. The van der Waals surface area contributed by atoms with Gasteiger partial charge in [-0.05, 0) is 83.7 Å². The summed E-state index contributed by atoms with van der Waals surface area (Å²) in [5, 5.41) is 17.9. The van der Waals surface area contributed by atoms with Crippen molar-refractivity contribution in [1.29, 1.82) is 0 Å². The van der Waals surface area contributed by atoms with E-state index in [0.29, 0.717) is 24.5 Å². The van der Waals surface area contributed by atoms with Crippen molar-refractivity contribution < 1.29 is 29.0 Å². The Balaban J connectivity index is 0.955. The van der Waals surface area contributed by atoms with Gasteiger partial charge in [0.1, 0.15) is 17.7 Å². The average Bonchev–Trinajstić information content (AvgIpc) is 4.14. The van der Waals surface area contributed by atoms with Gasteiger partial charge in [0.05, 0.1) is 48.5 Å². The fourth-order valence-corrected chi connectivity index (χ4v) is 8.92. The van der Waals surface area contributed by atoms with Crippen LogP contribution in [-0.4, -0.2) is 92.5 Å². The number of aliphatic hydroxyl groups excluding tert-OH is 1. The Bertz CT molecular complexity index is 2540. The smallest absolute Gasteiger partial charge is 0.407 e. The number of fused-ring (bicyclic) bond motifs is 1. The SMILES string of the molecule is COC(=O)N[C@@H](C(=O)N1CCCC1(C)c1ncc(-c2ccc(-c3ccc4cc(-c5cnc(C6CCCN6C(=O)[C@@H](NC(O)OC)C(C)C)[nH]5)ccc4c3)cc2)[nH]1)c1ccccc1. The van der Waals surface area contributed by atoms with E-state index in [1.165, 1.54) is 14.2 Å². The number of likely N-dealkylation sites (tertiary alicyclic amines) is 2. The van der Waals surface area contributed by atoms with Crippen molar-refractivity contribution in [2.24, 2.45) is 5.92 Å². The fraction of sp³-hybridized carbons (Fsp3) is 0.354. The molecule has 2 fully saturated rings. The summed E-state index contributed by atoms with van der Waals surface area (Å²) in [6, 6.07) is 28.7. The standard InChI is InChI=1S/C48H54N8O6/c1-29(2)40(53-46(59)61-4)43(57)55-23-9-13-39(55)42-49-27-38(51-42)36-21-20-34-25-33(18-19-35(34)26-36)30-14-16-31(17-15-30)37-28-50-45(52-37)48(3)22-10-24-56(48)44(58)41(54-47(60)62-5)32-11-7-6-8-12-32/h6-8,11-12,14-21,25-29,39-41,46,53,59H,9-10,13,22-24H2,1-5H3,(H,49,51)(H,50,52)(H,54,60)/t39?,40-,41+,46?,48?/m0/s1. The second kappa shape index (κ2) is 17.9. The first-order chi connectivity index (χ1) is 30.0. The van der Waals surface area contributed by atoms with E-state index in [0.717, 1.165) is 75.9 Å². The lowest BCUT2D eigenvalue weighted by atomic mass is 9.96. The van der Waals surface area contributed by atoms with E-state index >= 15 is 0 Å². The topological polar surface area (TPSA) is 178 Å². The highest BCUT2D eigenvalue weighted by Gasteiger charge is 2.46. The predicted octanol–water partition coefficient (Wildman–Crippen LogP) is 7.42. The van der Waals surface area contributed by atoms with Gasteiger partial charge in [0.15, 0.2) is 0 Å². The number of aromatic nitrogens is 4. The molecule has 0 spiro atoms. The molecule has 2 aliphatic heterocycles. The van der Waals surface area contributed by atoms with Crippen molar-refractivity contribution in [1.82, 2.24) is 40.4 Å². The van der Waals surface area contributed by atoms with E-state index < -0.39 is 30.1 Å². The normalized spacial score (nSPS) is 19.2. The van der Waals surface area contributed by atoms with Crippen molar-refractivity contribution in [3.63, 3.8) is 0 Å². The number of benzene rings is 4. The summed E-state index contributed by atoms with van der Waals surface area (Å²) >= 11 is 0. The summed E-state index contributed by atoms with van der Waals surface area (Å²) < 4.78 is 9.83. The van der Waals surface area contributed by atoms with Gasteiger partial charge in [-0.1, -0.05) is 92.7 Å². The summed E-state index contributed by atoms with van der Waals surface area (Å²) in [6.07, 6.45) is 4.94. The lowest BCUT2D eigenvalue weighted by Crippen LogP contribution is -2.52. The number of ether oxygens (including phenoxy) is 2. The van der Waals surface area contributed by atoms with E-state index in [-0.39, 0.29) is 23.8 Å². The fourth-order valence-electron chi connectivity index (χ4n) is 8.92. The maximum absolute atomic E-state index is 14.1. The Labute approximate surface area is 361 Å². The van der Waals surface area contributed by atoms with Gasteiger partial charge in [-0.25, -0.2) is 14.8 Å². The summed E-state index contributed by atoms with van der Waals surface area (Å²) in [5.74, 6) is 1.09. The van der Waals surface area contributed by atoms with Crippen molar-refractivity contribution in [3.05, 3.63) is 121 Å². The minimum Gasteiger partial charge on any atom is -0.453 e. The van der Waals surface area contributed by atoms with Crippen LogP contribution in [-0.2, 0) is 24.6 Å². The molecule has 2 aromatic heterocycles. The molecule has 6 aromatic rings. The number of carbonyl (C=O) groups excluding carboxylic acids is 3. The zero-order chi connectivity index (χ0) is 43.5. The van der Waals surface area contributed by atoms with E-state index in [4.69, 9.17) is 19.4 Å². The van der Waals surface area contributed by atoms with E-state index in [9.17, 15) is 19.5 Å². The number of amides is 3. The molecule has 3 amide bonds. The van der Waals surface area contributed by atoms with Crippen LogP contribution in [0.25, 0.3) is 44.4 Å². The van der Waals surface area contributed by atoms with Crippen molar-refractivity contribution in [2.45, 2.75) is 76.5 Å². The van der Waals surface area contributed by atoms with E-state index in [2.05, 4.69) is 81.3 Å². The highest BCUT2D eigenvalue weighted by Crippen LogP contribution is 2.40. The Morgan fingerprint density at radius 1 is 0.806 bits per heavy atom. The molecular formula is C48H54N8O6. The third-order valence-electron chi connectivity index (χ3n) is 12.4. The molecule has 0 aliphatic carbocycles. The van der Waals surface area contributed by atoms with Crippen LogP contribution in [0.15, 0.2) is 103 Å². The number of aliphatic hydroxyl groups is 1. The molecule has 322 valence electrons. The average molecular weight is 839 g/mol. The lowest BCUT2D eigenvalue weighted by Gasteiger charge is -2.36. The molecule has 62 heavy (non-hydrogen) atoms. The van der Waals surface area contributed by atoms with Gasteiger partial charge < -0.3 is 39.7 Å². The second-order valence-corrected chi connectivity index (χ2v) is 16.7. The summed E-state index contributed by atoms with van der Waals surface area (Å²) in [7, 11) is 2.68. The molecule has 14 nitrogen and oxygen atoms in total. The number of carbonyl (C=O) groups is 3. The molecule has 3 unspecified atom stereocenters. The molecule has 0 saturated carbocycles. The molecule has 8 rings (SSSR count). The molecular weight excluding hydrogens is 785 g/mol. The third kappa shape index (κ3) is 8.45. The number of nitrogens with zero attached hydrogens (tertiary/aromatic N) is 4. The zero-order valence-corrected chi connectivity index (χ0v) is 35.7. The first-order valence-electron chi connectivity index (χ1n) is 21.2. The number of alkyl carbamates (subject to hydrolysis) is 1. The maximum Gasteiger partial charge on any atom is 0.407 e. The zero-order valence-electron chi connectivity index (χ0n) is 35.7. The Hall–Kier alpha value is -6.35. The van der Waals surface area contributed by atoms with E-state index in [1.54, 1.807) is 0 Å². The molecule has 14 heteroatoms. The molecule has 2 aliphatic rings. The maximum atomic E-state index is 14.1. The number of hydrogen-bond donors (Lipinski definition) is 5. The van der Waals surface area contributed by atoms with Crippen LogP contribution >= 0.6 is 0 Å². The minimum atomic E-state index is -1.23. The Morgan fingerprint density at radius 2 is 1.47 bits per heavy atom. The summed E-state index contributed by atoms with van der Waals surface area (Å²) in [4.78, 5) is 60.3. The van der Waals surface area contributed by atoms with Gasteiger partial charge in [0, 0.05) is 25.8 Å². The monoisotopic (exact) mass is 838 g/mol. The number of rotatable bonds is 13. The Morgan fingerprint density at radius 3 is 2.18 bits per heavy atom. The number of imidazole rings is 2. The number of nitrogens with one attached hydrogen (secondary N) is 4. The van der Waals surface area contributed by atoms with Crippen LogP contribution in [0, 0.1) is 5.92 Å². The van der Waals surface area contributed by atoms with Gasteiger partial charge in [0.2, 0.25) is 12.3 Å². The summed E-state index contributed by atoms with van der Waals surface area (Å²) in [6.45, 7) is 7.07. The largest absolute Gasteiger partial charge is 0.453 e. The van der Waals surface area contributed by atoms with Crippen LogP contribution in [0.2, 0.25) is 0 Å². The van der Waals surface area contributed by atoms with Crippen molar-refractivity contribution in [3.8, 4) is 33.6 Å². The first-order valence-corrected chi connectivity index (χ1v) is 21.2. The molecule has 2 saturated heterocycles. The molecule has 0 radical (unpaired) electrons. The van der Waals surface area contributed by atoms with E-state index in [1.807, 2.05) is 73.3 Å². The molecule has 4 aromatic carbocycles. The Kier molecular flexibility index (Phi) is 12.2. The molecule has 5 atom stereocenters. The van der Waals surface area contributed by atoms with Gasteiger partial charge in [0.25, 0.3) is 5.91 Å². The van der Waals surface area contributed by atoms with Crippen molar-refractivity contribution >= 4 is 28.7 Å². The highest BCUT2D eigenvalue weighted by atomic mass is 16.6. The first kappa shape index (κ1) is 42.3. The summed E-state index contributed by atoms with van der Waals surface area (Å²) in [5.41, 5.74) is 5.83. The molecule has 0 bridgehead atoms.